The van der Waals surface area contributed by atoms with Gasteiger partial charge in [0, 0.05) is 18.1 Å². The molecule has 4 heteroatoms. The van der Waals surface area contributed by atoms with Crippen molar-refractivity contribution in [3.63, 3.8) is 0 Å². The van der Waals surface area contributed by atoms with E-state index in [0.717, 1.165) is 35.7 Å². The molecule has 0 bridgehead atoms. The van der Waals surface area contributed by atoms with Crippen molar-refractivity contribution >= 4 is 21.8 Å². The molecule has 0 aliphatic heterocycles. The van der Waals surface area contributed by atoms with Gasteiger partial charge >= 0.3 is 0 Å². The molecule has 0 atom stereocenters. The molecule has 21 heavy (non-hydrogen) atoms. The number of hydrogen-bond donors (Lipinski definition) is 0. The second-order valence-corrected chi connectivity index (χ2v) is 6.81. The number of hydrogen-bond acceptors (Lipinski definition) is 2. The Morgan fingerprint density at radius 1 is 1.24 bits per heavy atom. The van der Waals surface area contributed by atoms with Crippen molar-refractivity contribution in [2.24, 2.45) is 5.41 Å². The molecule has 1 aliphatic carbocycles. The Hall–Kier alpha value is -1.34. The summed E-state index contributed by atoms with van der Waals surface area (Å²) in [5.74, 6) is -0.0187. The fourth-order valence-electron chi connectivity index (χ4n) is 3.01. The zero-order chi connectivity index (χ0) is 15.3. The second-order valence-electron chi connectivity index (χ2n) is 5.90. The fourth-order valence-corrected chi connectivity index (χ4v) is 3.27. The first kappa shape index (κ1) is 16.0. The molecule has 1 saturated carbocycles. The Morgan fingerprint density at radius 2 is 1.81 bits per heavy atom. The van der Waals surface area contributed by atoms with E-state index in [1.54, 1.807) is 11.9 Å². The van der Waals surface area contributed by atoms with Crippen LogP contribution in [-0.4, -0.2) is 17.9 Å². The summed E-state index contributed by atoms with van der Waals surface area (Å²) in [6, 6.07) is 10.3. The van der Waals surface area contributed by atoms with Crippen molar-refractivity contribution in [2.45, 2.75) is 45.1 Å². The smallest absolute Gasteiger partial charge is 0.243 e. The van der Waals surface area contributed by atoms with Crippen molar-refractivity contribution in [2.75, 3.05) is 7.05 Å². The Kier molecular flexibility index (Phi) is 5.41. The minimum absolute atomic E-state index is 0.0187. The fraction of sp³-hybridized carbons (Fsp3) is 0.529. The second kappa shape index (κ2) is 7.09. The van der Waals surface area contributed by atoms with Gasteiger partial charge in [-0.25, -0.2) is 0 Å². The maximum Gasteiger partial charge on any atom is 0.243 e. The van der Waals surface area contributed by atoms with Gasteiger partial charge in [-0.15, -0.1) is 0 Å². The zero-order valence-electron chi connectivity index (χ0n) is 12.4. The number of halogens is 1. The van der Waals surface area contributed by atoms with Crippen molar-refractivity contribution in [3.8, 4) is 6.07 Å². The first-order chi connectivity index (χ1) is 10.1. The van der Waals surface area contributed by atoms with Crippen LogP contribution in [-0.2, 0) is 11.3 Å². The molecule has 1 amide bonds. The summed E-state index contributed by atoms with van der Waals surface area (Å²) in [7, 11) is 1.80. The summed E-state index contributed by atoms with van der Waals surface area (Å²) < 4.78 is 1.03. The number of carbonyl (C=O) groups excluding carboxylic acids is 1. The molecule has 0 saturated heterocycles. The van der Waals surface area contributed by atoms with E-state index in [1.807, 2.05) is 24.3 Å². The normalized spacial score (nSPS) is 17.6. The molecular formula is C17H21BrN2O. The average Bonchev–Trinajstić information content (AvgIpc) is 2.75. The number of benzene rings is 1. The zero-order valence-corrected chi connectivity index (χ0v) is 14.0. The van der Waals surface area contributed by atoms with Gasteiger partial charge in [0.05, 0.1) is 6.07 Å². The largest absolute Gasteiger partial charge is 0.340 e. The van der Waals surface area contributed by atoms with Crippen molar-refractivity contribution in [3.05, 3.63) is 34.3 Å². The van der Waals surface area contributed by atoms with Crippen LogP contribution in [0.4, 0.5) is 0 Å². The lowest BCUT2D eigenvalue weighted by molar-refractivity contribution is -0.138. The van der Waals surface area contributed by atoms with Crippen LogP contribution in [0.5, 0.6) is 0 Å². The summed E-state index contributed by atoms with van der Waals surface area (Å²) in [6.07, 6.45) is 5.62. The molecule has 112 valence electrons. The van der Waals surface area contributed by atoms with E-state index in [2.05, 4.69) is 22.0 Å². The standard InChI is InChI=1S/C17H21BrN2O/c1-20(12-14-6-8-15(18)9-7-14)16(21)17(13-19)10-4-2-3-5-11-17/h6-9H,2-5,10-12H2,1H3. The van der Waals surface area contributed by atoms with Gasteiger partial charge in [-0.2, -0.15) is 5.26 Å². The summed E-state index contributed by atoms with van der Waals surface area (Å²) in [5.41, 5.74) is 0.274. The number of carbonyl (C=O) groups is 1. The van der Waals surface area contributed by atoms with E-state index in [4.69, 9.17) is 0 Å². The highest BCUT2D eigenvalue weighted by atomic mass is 79.9. The molecule has 0 aromatic heterocycles. The minimum Gasteiger partial charge on any atom is -0.340 e. The lowest BCUT2D eigenvalue weighted by Gasteiger charge is -2.29. The quantitative estimate of drug-likeness (QED) is 0.765. The molecule has 0 unspecified atom stereocenters. The molecule has 0 radical (unpaired) electrons. The van der Waals surface area contributed by atoms with Gasteiger partial charge in [-0.3, -0.25) is 4.79 Å². The topological polar surface area (TPSA) is 44.1 Å². The number of rotatable bonds is 3. The van der Waals surface area contributed by atoms with E-state index >= 15 is 0 Å². The molecule has 3 nitrogen and oxygen atoms in total. The van der Waals surface area contributed by atoms with Crippen LogP contribution in [0.1, 0.15) is 44.1 Å². The maximum absolute atomic E-state index is 12.8. The van der Waals surface area contributed by atoms with Gasteiger partial charge in [-0.1, -0.05) is 53.7 Å². The monoisotopic (exact) mass is 348 g/mol. The first-order valence-corrected chi connectivity index (χ1v) is 8.28. The molecular weight excluding hydrogens is 328 g/mol. The lowest BCUT2D eigenvalue weighted by Crippen LogP contribution is -2.40. The van der Waals surface area contributed by atoms with Gasteiger partial charge in [0.1, 0.15) is 5.41 Å². The van der Waals surface area contributed by atoms with Crippen LogP contribution < -0.4 is 0 Å². The van der Waals surface area contributed by atoms with Crippen LogP contribution in [0.25, 0.3) is 0 Å². The Labute approximate surface area is 135 Å². The molecule has 0 spiro atoms. The third-order valence-corrected chi connectivity index (χ3v) is 4.79. The third-order valence-electron chi connectivity index (χ3n) is 4.26. The van der Waals surface area contributed by atoms with E-state index < -0.39 is 5.41 Å². The number of nitriles is 1. The Bertz CT molecular complexity index is 525. The third kappa shape index (κ3) is 3.85. The van der Waals surface area contributed by atoms with Crippen LogP contribution in [0, 0.1) is 16.7 Å². The van der Waals surface area contributed by atoms with Gasteiger partial charge in [-0.05, 0) is 30.5 Å². The molecule has 1 aromatic rings. The predicted molar refractivity (Wildman–Crippen MR) is 86.4 cm³/mol. The number of nitrogens with zero attached hydrogens (tertiary/aromatic N) is 2. The molecule has 0 N–H and O–H groups in total. The summed E-state index contributed by atoms with van der Waals surface area (Å²) in [4.78, 5) is 14.5. The van der Waals surface area contributed by atoms with E-state index in [9.17, 15) is 10.1 Å². The molecule has 1 aliphatic rings. The van der Waals surface area contributed by atoms with Crippen molar-refractivity contribution in [1.29, 1.82) is 5.26 Å². The van der Waals surface area contributed by atoms with E-state index in [0.29, 0.717) is 19.4 Å². The van der Waals surface area contributed by atoms with Crippen molar-refractivity contribution < 1.29 is 4.79 Å². The highest BCUT2D eigenvalue weighted by molar-refractivity contribution is 9.10. The molecule has 1 fully saturated rings. The lowest BCUT2D eigenvalue weighted by atomic mass is 9.80. The van der Waals surface area contributed by atoms with Gasteiger partial charge in [0.15, 0.2) is 0 Å². The van der Waals surface area contributed by atoms with Crippen LogP contribution in [0.2, 0.25) is 0 Å². The Balaban J connectivity index is 2.09. The summed E-state index contributed by atoms with van der Waals surface area (Å²) in [6.45, 7) is 0.551. The van der Waals surface area contributed by atoms with Crippen LogP contribution >= 0.6 is 15.9 Å². The average molecular weight is 349 g/mol. The molecule has 2 rings (SSSR count). The molecule has 1 aromatic carbocycles. The first-order valence-electron chi connectivity index (χ1n) is 7.49. The van der Waals surface area contributed by atoms with Crippen LogP contribution in [0.3, 0.4) is 0 Å². The van der Waals surface area contributed by atoms with Gasteiger partial charge in [0.2, 0.25) is 5.91 Å². The van der Waals surface area contributed by atoms with E-state index in [-0.39, 0.29) is 5.91 Å². The maximum atomic E-state index is 12.8. The van der Waals surface area contributed by atoms with Gasteiger partial charge in [0.25, 0.3) is 0 Å². The Morgan fingerprint density at radius 3 is 2.33 bits per heavy atom. The van der Waals surface area contributed by atoms with Crippen molar-refractivity contribution in [1.82, 2.24) is 4.90 Å². The minimum atomic E-state index is -0.805. The molecule has 0 heterocycles. The highest BCUT2D eigenvalue weighted by Gasteiger charge is 2.40. The SMILES string of the molecule is CN(Cc1ccc(Br)cc1)C(=O)C1(C#N)CCCCCC1. The number of amides is 1. The van der Waals surface area contributed by atoms with Gasteiger partial charge < -0.3 is 4.90 Å². The summed E-state index contributed by atoms with van der Waals surface area (Å²) in [5, 5.41) is 9.58. The predicted octanol–water partition coefficient (Wildman–Crippen LogP) is 4.27. The highest BCUT2D eigenvalue weighted by Crippen LogP contribution is 2.36. The van der Waals surface area contributed by atoms with Crippen LogP contribution in [0.15, 0.2) is 28.7 Å². The summed E-state index contributed by atoms with van der Waals surface area (Å²) >= 11 is 3.41. The van der Waals surface area contributed by atoms with E-state index in [1.165, 1.54) is 0 Å².